The number of carbonyl (C=O) groups excluding carboxylic acids is 2. The average Bonchev–Trinajstić information content (AvgIpc) is 3.20. The molecule has 0 aliphatic heterocycles. The number of anilines is 1. The Labute approximate surface area is 232 Å². The zero-order chi connectivity index (χ0) is 27.3. The number of hydrogen-bond donors (Lipinski definition) is 2. The highest BCUT2D eigenvalue weighted by atomic mass is 35.5. The molecule has 0 saturated carbocycles. The van der Waals surface area contributed by atoms with Gasteiger partial charge in [0.1, 0.15) is 0 Å². The number of aromatic nitrogens is 3. The second kappa shape index (κ2) is 12.6. The van der Waals surface area contributed by atoms with Crippen LogP contribution < -0.4 is 10.6 Å². The third-order valence-electron chi connectivity index (χ3n) is 5.74. The SMILES string of the molecule is C=CCn1c(SCC(=O)Nc2c(C)cc(C)cc2C)nnc1[C@H](NC(=O)c1ccc(Cl)cc1Cl)C(C)C. The van der Waals surface area contributed by atoms with Gasteiger partial charge in [-0.05, 0) is 56.0 Å². The molecule has 10 heteroatoms. The molecule has 1 heterocycles. The third kappa shape index (κ3) is 7.15. The molecule has 3 aromatic rings. The minimum atomic E-state index is -0.451. The fourth-order valence-corrected chi connectivity index (χ4v) is 5.29. The summed E-state index contributed by atoms with van der Waals surface area (Å²) >= 11 is 13.5. The van der Waals surface area contributed by atoms with Crippen molar-refractivity contribution in [3.8, 4) is 0 Å². The van der Waals surface area contributed by atoms with Gasteiger partial charge in [0.05, 0.1) is 22.4 Å². The van der Waals surface area contributed by atoms with E-state index in [2.05, 4.69) is 27.4 Å². The summed E-state index contributed by atoms with van der Waals surface area (Å²) in [5, 5.41) is 16.0. The van der Waals surface area contributed by atoms with Crippen molar-refractivity contribution < 1.29 is 9.59 Å². The second-order valence-electron chi connectivity index (χ2n) is 9.17. The van der Waals surface area contributed by atoms with Crippen LogP contribution in [0, 0.1) is 26.7 Å². The molecule has 37 heavy (non-hydrogen) atoms. The first-order valence-electron chi connectivity index (χ1n) is 11.8. The Kier molecular flexibility index (Phi) is 9.81. The molecule has 0 radical (unpaired) electrons. The van der Waals surface area contributed by atoms with Gasteiger partial charge >= 0.3 is 0 Å². The number of nitrogens with one attached hydrogen (secondary N) is 2. The quantitative estimate of drug-likeness (QED) is 0.217. The van der Waals surface area contributed by atoms with E-state index in [9.17, 15) is 9.59 Å². The summed E-state index contributed by atoms with van der Waals surface area (Å²) in [5.74, 6) is 0.242. The number of allylic oxidation sites excluding steroid dienone is 1. The van der Waals surface area contributed by atoms with Crippen molar-refractivity contribution in [2.24, 2.45) is 5.92 Å². The first-order chi connectivity index (χ1) is 17.5. The molecule has 0 saturated heterocycles. The molecule has 0 spiro atoms. The predicted octanol–water partition coefficient (Wildman–Crippen LogP) is 6.55. The molecule has 0 aliphatic carbocycles. The van der Waals surface area contributed by atoms with Gasteiger partial charge in [0.2, 0.25) is 5.91 Å². The summed E-state index contributed by atoms with van der Waals surface area (Å²) in [4.78, 5) is 25.8. The Morgan fingerprint density at radius 3 is 2.38 bits per heavy atom. The molecular weight excluding hydrogens is 529 g/mol. The van der Waals surface area contributed by atoms with Crippen molar-refractivity contribution in [2.75, 3.05) is 11.1 Å². The molecule has 0 aliphatic rings. The largest absolute Gasteiger partial charge is 0.342 e. The van der Waals surface area contributed by atoms with E-state index in [1.54, 1.807) is 18.2 Å². The van der Waals surface area contributed by atoms with Crippen LogP contribution in [-0.4, -0.2) is 32.3 Å². The number of benzene rings is 2. The smallest absolute Gasteiger partial charge is 0.253 e. The van der Waals surface area contributed by atoms with Crippen molar-refractivity contribution in [1.82, 2.24) is 20.1 Å². The Hall–Kier alpha value is -2.81. The molecule has 0 fully saturated rings. The number of halogens is 2. The standard InChI is InChI=1S/C27H31Cl2N5O2S/c1-7-10-34-25(23(15(2)3)31-26(36)20-9-8-19(28)13-21(20)29)32-33-27(34)37-14-22(35)30-24-17(5)11-16(4)12-18(24)6/h7-9,11-13,15,23H,1,10,14H2,2-6H3,(H,30,35)(H,31,36)/t23-/m1/s1. The summed E-state index contributed by atoms with van der Waals surface area (Å²) in [6.07, 6.45) is 1.73. The van der Waals surface area contributed by atoms with E-state index in [0.717, 1.165) is 22.4 Å². The average molecular weight is 561 g/mol. The summed E-state index contributed by atoms with van der Waals surface area (Å²) in [5.41, 5.74) is 4.33. The van der Waals surface area contributed by atoms with E-state index in [1.165, 1.54) is 17.8 Å². The highest BCUT2D eigenvalue weighted by Gasteiger charge is 2.27. The number of aryl methyl sites for hydroxylation is 3. The molecule has 1 aromatic heterocycles. The van der Waals surface area contributed by atoms with Gasteiger partial charge in [0.25, 0.3) is 5.91 Å². The summed E-state index contributed by atoms with van der Waals surface area (Å²) in [6.45, 7) is 14.2. The molecule has 7 nitrogen and oxygen atoms in total. The van der Waals surface area contributed by atoms with Crippen LogP contribution in [0.3, 0.4) is 0 Å². The maximum Gasteiger partial charge on any atom is 0.253 e. The molecule has 196 valence electrons. The van der Waals surface area contributed by atoms with Crippen molar-refractivity contribution >= 4 is 52.5 Å². The van der Waals surface area contributed by atoms with Gasteiger partial charge in [-0.15, -0.1) is 16.8 Å². The molecule has 2 N–H and O–H groups in total. The number of rotatable bonds is 10. The van der Waals surface area contributed by atoms with Crippen LogP contribution in [0.5, 0.6) is 0 Å². The van der Waals surface area contributed by atoms with Gasteiger partial charge in [0.15, 0.2) is 11.0 Å². The van der Waals surface area contributed by atoms with Gasteiger partial charge in [0, 0.05) is 17.3 Å². The first kappa shape index (κ1) is 28.8. The van der Waals surface area contributed by atoms with E-state index >= 15 is 0 Å². The van der Waals surface area contributed by atoms with Crippen LogP contribution in [0.25, 0.3) is 0 Å². The van der Waals surface area contributed by atoms with Crippen LogP contribution in [0.4, 0.5) is 5.69 Å². The number of nitrogens with zero attached hydrogens (tertiary/aromatic N) is 3. The lowest BCUT2D eigenvalue weighted by atomic mass is 10.0. The molecule has 0 unspecified atom stereocenters. The van der Waals surface area contributed by atoms with Crippen LogP contribution in [-0.2, 0) is 11.3 Å². The van der Waals surface area contributed by atoms with Gasteiger partial charge in [-0.1, -0.05) is 72.6 Å². The van der Waals surface area contributed by atoms with Crippen LogP contribution in [0.2, 0.25) is 10.0 Å². The van der Waals surface area contributed by atoms with Gasteiger partial charge in [-0.25, -0.2) is 0 Å². The lowest BCUT2D eigenvalue weighted by molar-refractivity contribution is -0.113. The topological polar surface area (TPSA) is 88.9 Å². The number of carbonyl (C=O) groups is 2. The van der Waals surface area contributed by atoms with Crippen molar-refractivity contribution in [2.45, 2.75) is 52.4 Å². The monoisotopic (exact) mass is 559 g/mol. The fraction of sp³-hybridized carbons (Fsp3) is 0.333. The maximum atomic E-state index is 13.0. The van der Waals surface area contributed by atoms with E-state index in [4.69, 9.17) is 23.2 Å². The Balaban J connectivity index is 1.78. The van der Waals surface area contributed by atoms with E-state index in [-0.39, 0.29) is 28.5 Å². The maximum absolute atomic E-state index is 13.0. The van der Waals surface area contributed by atoms with Gasteiger partial charge in [-0.3, -0.25) is 9.59 Å². The van der Waals surface area contributed by atoms with Crippen molar-refractivity contribution in [3.63, 3.8) is 0 Å². The zero-order valence-corrected chi connectivity index (χ0v) is 23.9. The third-order valence-corrected chi connectivity index (χ3v) is 7.25. The van der Waals surface area contributed by atoms with Crippen molar-refractivity contribution in [1.29, 1.82) is 0 Å². The summed E-state index contributed by atoms with van der Waals surface area (Å²) < 4.78 is 1.86. The van der Waals surface area contributed by atoms with E-state index in [1.807, 2.05) is 51.3 Å². The Morgan fingerprint density at radius 2 is 1.78 bits per heavy atom. The lowest BCUT2D eigenvalue weighted by Gasteiger charge is -2.23. The predicted molar refractivity (Wildman–Crippen MR) is 152 cm³/mol. The normalized spacial score (nSPS) is 11.9. The molecule has 3 rings (SSSR count). The molecule has 2 amide bonds. The molecular formula is C27H31Cl2N5O2S. The summed E-state index contributed by atoms with van der Waals surface area (Å²) in [7, 11) is 0. The minimum absolute atomic E-state index is 0.00331. The van der Waals surface area contributed by atoms with Crippen LogP contribution >= 0.6 is 35.0 Å². The van der Waals surface area contributed by atoms with Crippen LogP contribution in [0.1, 0.15) is 52.8 Å². The van der Waals surface area contributed by atoms with E-state index < -0.39 is 6.04 Å². The highest BCUT2D eigenvalue weighted by molar-refractivity contribution is 7.99. The lowest BCUT2D eigenvalue weighted by Crippen LogP contribution is -2.34. The van der Waals surface area contributed by atoms with Gasteiger partial charge < -0.3 is 15.2 Å². The zero-order valence-electron chi connectivity index (χ0n) is 21.6. The second-order valence-corrected chi connectivity index (χ2v) is 11.0. The van der Waals surface area contributed by atoms with Crippen LogP contribution in [0.15, 0.2) is 48.1 Å². The Morgan fingerprint density at radius 1 is 1.11 bits per heavy atom. The van der Waals surface area contributed by atoms with Gasteiger partial charge in [-0.2, -0.15) is 0 Å². The molecule has 1 atom stereocenters. The summed E-state index contributed by atoms with van der Waals surface area (Å²) in [6, 6.07) is 8.37. The first-order valence-corrected chi connectivity index (χ1v) is 13.6. The highest BCUT2D eigenvalue weighted by Crippen LogP contribution is 2.28. The number of amides is 2. The minimum Gasteiger partial charge on any atom is -0.342 e. The van der Waals surface area contributed by atoms with E-state index in [0.29, 0.717) is 28.1 Å². The fourth-order valence-electron chi connectivity index (χ4n) is 4.04. The van der Waals surface area contributed by atoms with Crippen molar-refractivity contribution in [3.05, 3.63) is 81.1 Å². The molecule has 2 aromatic carbocycles. The number of hydrogen-bond acceptors (Lipinski definition) is 5. The number of thioether (sulfide) groups is 1. The molecule has 0 bridgehead atoms. The Bertz CT molecular complexity index is 1300.